The minimum Gasteiger partial charge on any atom is -0.393 e. The zero-order valence-electron chi connectivity index (χ0n) is 23.1. The van der Waals surface area contributed by atoms with Gasteiger partial charge in [-0.2, -0.15) is 0 Å². The van der Waals surface area contributed by atoms with E-state index in [4.69, 9.17) is 0 Å². The highest BCUT2D eigenvalue weighted by Gasteiger charge is 2.62. The zero-order chi connectivity index (χ0) is 24.7. The third kappa shape index (κ3) is 4.90. The summed E-state index contributed by atoms with van der Waals surface area (Å²) in [5, 5.41) is 15.4. The van der Waals surface area contributed by atoms with Crippen molar-refractivity contribution in [3.05, 3.63) is 0 Å². The number of aliphatic hydroxyl groups excluding tert-OH is 1. The van der Waals surface area contributed by atoms with Crippen molar-refractivity contribution in [1.29, 1.82) is 0 Å². The first kappa shape index (κ1) is 26.6. The summed E-state index contributed by atoms with van der Waals surface area (Å²) in [6.45, 7) is 11.7. The number of hydrogen-bond acceptors (Lipinski definition) is 4. The maximum absolute atomic E-state index is 12.0. The van der Waals surface area contributed by atoms with Crippen LogP contribution in [0.3, 0.4) is 0 Å². The van der Waals surface area contributed by atoms with Crippen molar-refractivity contribution in [2.75, 3.05) is 27.2 Å². The largest absolute Gasteiger partial charge is 0.393 e. The Morgan fingerprint density at radius 3 is 2.47 bits per heavy atom. The number of rotatable bonds is 9. The molecule has 0 saturated heterocycles. The Bertz CT molecular complexity index is 710. The van der Waals surface area contributed by atoms with Crippen LogP contribution >= 0.6 is 0 Å². The third-order valence-electron chi connectivity index (χ3n) is 11.7. The molecule has 2 N–H and O–H groups in total. The Labute approximate surface area is 210 Å². The summed E-state index contributed by atoms with van der Waals surface area (Å²) in [7, 11) is 4.29. The van der Waals surface area contributed by atoms with E-state index in [-0.39, 0.29) is 6.10 Å². The van der Waals surface area contributed by atoms with Gasteiger partial charge in [0.25, 0.3) is 0 Å². The van der Waals surface area contributed by atoms with Gasteiger partial charge in [0.05, 0.1) is 6.10 Å². The third-order valence-corrected chi connectivity index (χ3v) is 11.7. The fraction of sp³-hybridized carbons (Fsp3) is 0.967. The molecule has 0 aromatic heterocycles. The lowest BCUT2D eigenvalue weighted by Crippen LogP contribution is -2.59. The van der Waals surface area contributed by atoms with Crippen LogP contribution < -0.4 is 5.32 Å². The van der Waals surface area contributed by atoms with Gasteiger partial charge in [0, 0.05) is 32.0 Å². The summed E-state index contributed by atoms with van der Waals surface area (Å²) in [6, 6.07) is 0.623. The quantitative estimate of drug-likeness (QED) is 0.461. The molecule has 0 aliphatic heterocycles. The molecule has 34 heavy (non-hydrogen) atoms. The number of carbonyl (C=O) groups excluding carboxylic acids is 1. The number of likely N-dealkylation sites (N-methyl/N-ethyl adjacent to an activating group) is 1. The summed E-state index contributed by atoms with van der Waals surface area (Å²) in [6.07, 6.45) is 12.5. The average Bonchev–Trinajstić information content (AvgIpc) is 3.15. The summed E-state index contributed by atoms with van der Waals surface area (Å²) in [5.41, 5.74) is 0.757. The zero-order valence-corrected chi connectivity index (χ0v) is 23.1. The van der Waals surface area contributed by atoms with Gasteiger partial charge in [0.2, 0.25) is 0 Å². The number of hydrogen-bond donors (Lipinski definition) is 2. The second kappa shape index (κ2) is 10.5. The van der Waals surface area contributed by atoms with E-state index in [1.54, 1.807) is 0 Å². The molecule has 4 rings (SSSR count). The van der Waals surface area contributed by atoms with Crippen molar-refractivity contribution in [2.24, 2.45) is 46.3 Å². The fourth-order valence-corrected chi connectivity index (χ4v) is 9.64. The molecule has 0 aromatic rings. The highest BCUT2D eigenvalue weighted by molar-refractivity contribution is 5.77. The number of fused-ring (bicyclic) bond motifs is 5. The topological polar surface area (TPSA) is 52.6 Å². The maximum atomic E-state index is 12.0. The monoisotopic (exact) mass is 474 g/mol. The summed E-state index contributed by atoms with van der Waals surface area (Å²) < 4.78 is 0. The Morgan fingerprint density at radius 1 is 1.06 bits per heavy atom. The highest BCUT2D eigenvalue weighted by Crippen LogP contribution is 2.68. The van der Waals surface area contributed by atoms with E-state index in [1.165, 1.54) is 44.9 Å². The Balaban J connectivity index is 1.43. The van der Waals surface area contributed by atoms with Gasteiger partial charge >= 0.3 is 0 Å². The molecular weight excluding hydrogens is 420 g/mol. The summed E-state index contributed by atoms with van der Waals surface area (Å²) in [4.78, 5) is 14.2. The van der Waals surface area contributed by atoms with E-state index >= 15 is 0 Å². The molecule has 10 atom stereocenters. The maximum Gasteiger partial charge on any atom is 0.132 e. The molecule has 4 nitrogen and oxygen atoms in total. The van der Waals surface area contributed by atoms with Crippen molar-refractivity contribution in [1.82, 2.24) is 10.2 Å². The van der Waals surface area contributed by atoms with Crippen LogP contribution in [-0.4, -0.2) is 55.1 Å². The van der Waals surface area contributed by atoms with Crippen LogP contribution in [0.25, 0.3) is 0 Å². The van der Waals surface area contributed by atoms with E-state index in [0.29, 0.717) is 58.7 Å². The lowest BCUT2D eigenvalue weighted by Gasteiger charge is -2.62. The summed E-state index contributed by atoms with van der Waals surface area (Å²) >= 11 is 0. The molecule has 4 aliphatic carbocycles. The van der Waals surface area contributed by atoms with E-state index in [9.17, 15) is 9.90 Å². The van der Waals surface area contributed by atoms with Gasteiger partial charge in [-0.3, -0.25) is 4.79 Å². The predicted molar refractivity (Wildman–Crippen MR) is 141 cm³/mol. The second-order valence-corrected chi connectivity index (χ2v) is 13.7. The lowest BCUT2D eigenvalue weighted by molar-refractivity contribution is -0.167. The number of Topliss-reactive ketones (excluding diaryl/α,β-unsaturated/α-hetero) is 1. The Kier molecular flexibility index (Phi) is 8.22. The predicted octanol–water partition coefficient (Wildman–Crippen LogP) is 5.53. The first-order valence-corrected chi connectivity index (χ1v) is 14.7. The Hall–Kier alpha value is -0.450. The normalized spacial score (nSPS) is 44.9. The van der Waals surface area contributed by atoms with E-state index in [2.05, 4.69) is 45.1 Å². The van der Waals surface area contributed by atoms with Gasteiger partial charge in [-0.25, -0.2) is 0 Å². The first-order valence-electron chi connectivity index (χ1n) is 14.7. The number of ketones is 1. The van der Waals surface area contributed by atoms with E-state index < -0.39 is 0 Å². The minimum absolute atomic E-state index is 0.121. The molecule has 0 heterocycles. The van der Waals surface area contributed by atoms with E-state index in [0.717, 1.165) is 38.3 Å². The molecule has 4 aliphatic rings. The molecule has 4 fully saturated rings. The standard InChI is InChI=1S/C30H54N2O2/c1-7-23(33)9-8-20(2)24-10-11-25-28-26(13-15-30(24,25)4)29(3)14-12-22(31-16-17-32(5)6)18-21(29)19-27(28)34/h20-22,24-28,31,34H,7-19H2,1-6H3/t20-,21-,22?,24-,25?,26?,27?,28?,29+,30-/m1/s1. The number of nitrogens with one attached hydrogen (secondary N) is 1. The molecule has 0 radical (unpaired) electrons. The second-order valence-electron chi connectivity index (χ2n) is 13.7. The van der Waals surface area contributed by atoms with Crippen molar-refractivity contribution in [3.63, 3.8) is 0 Å². The van der Waals surface area contributed by atoms with Crippen LogP contribution in [0.4, 0.5) is 0 Å². The Morgan fingerprint density at radius 2 is 1.76 bits per heavy atom. The molecule has 0 bridgehead atoms. The molecule has 4 heteroatoms. The van der Waals surface area contributed by atoms with Gasteiger partial charge < -0.3 is 15.3 Å². The molecule has 5 unspecified atom stereocenters. The summed E-state index contributed by atoms with van der Waals surface area (Å²) in [5.74, 6) is 4.28. The van der Waals surface area contributed by atoms with Gasteiger partial charge in [-0.15, -0.1) is 0 Å². The molecule has 0 amide bonds. The minimum atomic E-state index is -0.121. The van der Waals surface area contributed by atoms with Gasteiger partial charge in [0.1, 0.15) is 5.78 Å². The smallest absolute Gasteiger partial charge is 0.132 e. The van der Waals surface area contributed by atoms with Crippen LogP contribution in [-0.2, 0) is 4.79 Å². The SMILES string of the molecule is CCC(=O)CC[C@@H](C)[C@H]1CCC2C3C(O)C[C@H]4CC(NCCN(C)C)CC[C@]4(C)C3CC[C@@]21C. The molecule has 0 aromatic carbocycles. The van der Waals surface area contributed by atoms with Gasteiger partial charge in [-0.05, 0) is 118 Å². The molecule has 0 spiro atoms. The van der Waals surface area contributed by atoms with Crippen LogP contribution in [0.2, 0.25) is 0 Å². The van der Waals surface area contributed by atoms with Crippen LogP contribution in [0.15, 0.2) is 0 Å². The van der Waals surface area contributed by atoms with Crippen molar-refractivity contribution in [2.45, 2.75) is 110 Å². The van der Waals surface area contributed by atoms with E-state index in [1.807, 2.05) is 6.92 Å². The van der Waals surface area contributed by atoms with Gasteiger partial charge in [0.15, 0.2) is 0 Å². The number of nitrogens with zero attached hydrogens (tertiary/aromatic N) is 1. The van der Waals surface area contributed by atoms with Crippen LogP contribution in [0.5, 0.6) is 0 Å². The molecular formula is C30H54N2O2. The number of carbonyl (C=O) groups is 1. The fourth-order valence-electron chi connectivity index (χ4n) is 9.64. The van der Waals surface area contributed by atoms with Crippen molar-refractivity contribution < 1.29 is 9.90 Å². The van der Waals surface area contributed by atoms with Gasteiger partial charge in [-0.1, -0.05) is 27.7 Å². The van der Waals surface area contributed by atoms with Crippen LogP contribution in [0.1, 0.15) is 98.3 Å². The first-order chi connectivity index (χ1) is 16.1. The average molecular weight is 475 g/mol. The van der Waals surface area contributed by atoms with Crippen molar-refractivity contribution in [3.8, 4) is 0 Å². The lowest BCUT2D eigenvalue weighted by atomic mass is 9.43. The van der Waals surface area contributed by atoms with Crippen LogP contribution in [0, 0.1) is 46.3 Å². The van der Waals surface area contributed by atoms with Crippen molar-refractivity contribution >= 4 is 5.78 Å². The highest BCUT2D eigenvalue weighted by atomic mass is 16.3. The molecule has 196 valence electrons. The molecule has 4 saturated carbocycles. The number of aliphatic hydroxyl groups is 1.